The molecular weight excluding hydrogens is 314 g/mol. The molecule has 6 nitrogen and oxygen atoms in total. The van der Waals surface area contributed by atoms with Crippen LogP contribution in [0.4, 0.5) is 5.82 Å². The Morgan fingerprint density at radius 1 is 1.37 bits per heavy atom. The third-order valence-electron chi connectivity index (χ3n) is 2.82. The molecule has 1 aromatic carbocycles. The number of aromatic amines is 1. The number of H-pyrrole nitrogens is 1. The molecule has 1 aliphatic rings. The van der Waals surface area contributed by atoms with Gasteiger partial charge in [0, 0.05) is 11.6 Å². The van der Waals surface area contributed by atoms with Crippen molar-refractivity contribution < 1.29 is 14.2 Å². The molecule has 3 N–H and O–H groups in total. The number of anilines is 1. The highest BCUT2D eigenvalue weighted by Gasteiger charge is 2.23. The molecule has 7 heteroatoms. The van der Waals surface area contributed by atoms with Gasteiger partial charge in [-0.25, -0.2) is 0 Å². The van der Waals surface area contributed by atoms with Crippen molar-refractivity contribution >= 4 is 21.7 Å². The lowest BCUT2D eigenvalue weighted by atomic mass is 10.1. The van der Waals surface area contributed by atoms with Crippen LogP contribution in [0.15, 0.2) is 16.6 Å². The van der Waals surface area contributed by atoms with Crippen molar-refractivity contribution in [2.24, 2.45) is 0 Å². The maximum atomic E-state index is 5.63. The van der Waals surface area contributed by atoms with Crippen LogP contribution >= 0.6 is 15.9 Å². The second kappa shape index (κ2) is 4.65. The third-order valence-corrected chi connectivity index (χ3v) is 3.54. The molecule has 0 atom stereocenters. The molecule has 1 aromatic heterocycles. The average molecular weight is 326 g/mol. The summed E-state index contributed by atoms with van der Waals surface area (Å²) in [5, 5.41) is 6.78. The number of methoxy groups -OCH3 is 1. The van der Waals surface area contributed by atoms with Gasteiger partial charge in [-0.2, -0.15) is 5.10 Å². The second-order valence-corrected chi connectivity index (χ2v) is 4.80. The van der Waals surface area contributed by atoms with Crippen molar-refractivity contribution in [1.82, 2.24) is 10.2 Å². The molecule has 0 unspecified atom stereocenters. The van der Waals surface area contributed by atoms with Gasteiger partial charge in [0.05, 0.1) is 12.8 Å². The van der Waals surface area contributed by atoms with E-state index in [9.17, 15) is 0 Å². The van der Waals surface area contributed by atoms with Gasteiger partial charge in [-0.05, 0) is 22.0 Å². The molecule has 3 rings (SSSR count). The predicted molar refractivity (Wildman–Crippen MR) is 73.7 cm³/mol. The fraction of sp³-hybridized carbons (Fsp3) is 0.250. The van der Waals surface area contributed by atoms with Crippen molar-refractivity contribution in [3.8, 4) is 28.5 Å². The van der Waals surface area contributed by atoms with E-state index in [0.717, 1.165) is 15.7 Å². The lowest BCUT2D eigenvalue weighted by Gasteiger charge is -2.22. The molecule has 0 bridgehead atoms. The maximum absolute atomic E-state index is 5.63. The standard InChI is InChI=1S/C12H12BrN3O3/c1-17-11-6(7-5-9(14)16-15-7)4-8-12(10(11)13)19-3-2-18-8/h4-5H,2-3H2,1H3,(H3,14,15,16). The fourth-order valence-corrected chi connectivity index (χ4v) is 2.69. The second-order valence-electron chi connectivity index (χ2n) is 4.00. The fourth-order valence-electron chi connectivity index (χ4n) is 2.00. The molecule has 0 saturated carbocycles. The van der Waals surface area contributed by atoms with Gasteiger partial charge in [0.15, 0.2) is 11.5 Å². The van der Waals surface area contributed by atoms with Crippen LogP contribution in [0.25, 0.3) is 11.3 Å². The van der Waals surface area contributed by atoms with Crippen molar-refractivity contribution in [1.29, 1.82) is 0 Å². The van der Waals surface area contributed by atoms with E-state index in [-0.39, 0.29) is 0 Å². The van der Waals surface area contributed by atoms with E-state index in [4.69, 9.17) is 19.9 Å². The summed E-state index contributed by atoms with van der Waals surface area (Å²) in [6.45, 7) is 1.04. The van der Waals surface area contributed by atoms with E-state index in [1.54, 1.807) is 13.2 Å². The molecule has 0 radical (unpaired) electrons. The first-order chi connectivity index (χ1) is 9.20. The van der Waals surface area contributed by atoms with Crippen LogP contribution in [0.1, 0.15) is 0 Å². The number of ether oxygens (including phenoxy) is 3. The van der Waals surface area contributed by atoms with E-state index < -0.39 is 0 Å². The number of nitrogen functional groups attached to an aromatic ring is 1. The van der Waals surface area contributed by atoms with Crippen molar-refractivity contribution in [2.45, 2.75) is 0 Å². The van der Waals surface area contributed by atoms with Gasteiger partial charge < -0.3 is 19.9 Å². The normalized spacial score (nSPS) is 13.4. The molecule has 0 amide bonds. The molecule has 100 valence electrons. The number of hydrogen-bond acceptors (Lipinski definition) is 5. The highest BCUT2D eigenvalue weighted by atomic mass is 79.9. The Labute approximate surface area is 118 Å². The Kier molecular flexibility index (Phi) is 2.98. The quantitative estimate of drug-likeness (QED) is 0.884. The average Bonchev–Trinajstić information content (AvgIpc) is 2.85. The predicted octanol–water partition coefficient (Wildman–Crippen LogP) is 2.20. The van der Waals surface area contributed by atoms with Gasteiger partial charge in [0.2, 0.25) is 0 Å². The summed E-state index contributed by atoms with van der Waals surface area (Å²) >= 11 is 3.49. The highest BCUT2D eigenvalue weighted by molar-refractivity contribution is 9.10. The summed E-state index contributed by atoms with van der Waals surface area (Å²) < 4.78 is 17.3. The number of nitrogens with two attached hydrogens (primary N) is 1. The summed E-state index contributed by atoms with van der Waals surface area (Å²) in [6, 6.07) is 3.59. The van der Waals surface area contributed by atoms with E-state index in [1.165, 1.54) is 0 Å². The molecule has 19 heavy (non-hydrogen) atoms. The van der Waals surface area contributed by atoms with Crippen LogP contribution in [0, 0.1) is 0 Å². The minimum atomic E-state index is 0.420. The lowest BCUT2D eigenvalue weighted by Crippen LogP contribution is -2.16. The van der Waals surface area contributed by atoms with Crippen LogP contribution in [0.2, 0.25) is 0 Å². The van der Waals surface area contributed by atoms with Crippen LogP contribution in [0.5, 0.6) is 17.2 Å². The van der Waals surface area contributed by atoms with Crippen LogP contribution in [-0.2, 0) is 0 Å². The number of halogens is 1. The SMILES string of the molecule is COc1c(-c2cc(N)n[nH]2)cc2c(c1Br)OCCO2. The van der Waals surface area contributed by atoms with Crippen molar-refractivity contribution in [2.75, 3.05) is 26.1 Å². The topological polar surface area (TPSA) is 82.4 Å². The first kappa shape index (κ1) is 12.2. The summed E-state index contributed by atoms with van der Waals surface area (Å²) in [5.41, 5.74) is 7.20. The number of nitrogens with one attached hydrogen (secondary N) is 1. The zero-order valence-corrected chi connectivity index (χ0v) is 11.8. The molecule has 0 saturated heterocycles. The number of hydrogen-bond donors (Lipinski definition) is 2. The number of aromatic nitrogens is 2. The summed E-state index contributed by atoms with van der Waals surface area (Å²) in [5.74, 6) is 2.39. The lowest BCUT2D eigenvalue weighted by molar-refractivity contribution is 0.169. The summed E-state index contributed by atoms with van der Waals surface area (Å²) in [4.78, 5) is 0. The van der Waals surface area contributed by atoms with E-state index in [0.29, 0.717) is 36.3 Å². The minimum absolute atomic E-state index is 0.420. The zero-order chi connectivity index (χ0) is 13.4. The van der Waals surface area contributed by atoms with Crippen molar-refractivity contribution in [3.05, 3.63) is 16.6 Å². The Balaban J connectivity index is 2.21. The highest BCUT2D eigenvalue weighted by Crippen LogP contribution is 2.48. The molecule has 0 fully saturated rings. The smallest absolute Gasteiger partial charge is 0.179 e. The monoisotopic (exact) mass is 325 g/mol. The summed E-state index contributed by atoms with van der Waals surface area (Å²) in [6.07, 6.45) is 0. The van der Waals surface area contributed by atoms with Gasteiger partial charge >= 0.3 is 0 Å². The minimum Gasteiger partial charge on any atom is -0.495 e. The largest absolute Gasteiger partial charge is 0.495 e. The van der Waals surface area contributed by atoms with Gasteiger partial charge in [-0.1, -0.05) is 0 Å². The Morgan fingerprint density at radius 3 is 2.84 bits per heavy atom. The third kappa shape index (κ3) is 1.99. The van der Waals surface area contributed by atoms with Crippen molar-refractivity contribution in [3.63, 3.8) is 0 Å². The molecule has 1 aliphatic heterocycles. The Morgan fingerprint density at radius 2 is 2.16 bits per heavy atom. The van der Waals surface area contributed by atoms with Gasteiger partial charge in [0.25, 0.3) is 0 Å². The molecular formula is C12H12BrN3O3. The molecule has 0 spiro atoms. The van der Waals surface area contributed by atoms with E-state index in [1.807, 2.05) is 6.07 Å². The number of nitrogens with zero attached hydrogens (tertiary/aromatic N) is 1. The molecule has 0 aliphatic carbocycles. The van der Waals surface area contributed by atoms with Crippen LogP contribution < -0.4 is 19.9 Å². The van der Waals surface area contributed by atoms with Crippen LogP contribution in [-0.4, -0.2) is 30.5 Å². The molecule has 2 heterocycles. The van der Waals surface area contributed by atoms with Gasteiger partial charge in [0.1, 0.15) is 29.3 Å². The number of benzene rings is 1. The first-order valence-corrected chi connectivity index (χ1v) is 6.47. The Hall–Kier alpha value is -1.89. The number of fused-ring (bicyclic) bond motifs is 1. The van der Waals surface area contributed by atoms with E-state index >= 15 is 0 Å². The van der Waals surface area contributed by atoms with E-state index in [2.05, 4.69) is 26.1 Å². The van der Waals surface area contributed by atoms with Gasteiger partial charge in [-0.15, -0.1) is 0 Å². The van der Waals surface area contributed by atoms with Crippen LogP contribution in [0.3, 0.4) is 0 Å². The summed E-state index contributed by atoms with van der Waals surface area (Å²) in [7, 11) is 1.60. The first-order valence-electron chi connectivity index (χ1n) is 5.68. The van der Waals surface area contributed by atoms with Gasteiger partial charge in [-0.3, -0.25) is 5.10 Å². The number of rotatable bonds is 2. The molecule has 2 aromatic rings. The maximum Gasteiger partial charge on any atom is 0.179 e. The zero-order valence-electron chi connectivity index (χ0n) is 10.2. The Bertz CT molecular complexity index is 627.